The summed E-state index contributed by atoms with van der Waals surface area (Å²) in [6, 6.07) is 8.12. The van der Waals surface area contributed by atoms with E-state index in [4.69, 9.17) is 4.74 Å². The zero-order valence-electron chi connectivity index (χ0n) is 16.7. The minimum absolute atomic E-state index is 0.132. The molecule has 8 nitrogen and oxygen atoms in total. The molecule has 2 aromatic heterocycles. The zero-order chi connectivity index (χ0) is 20.8. The van der Waals surface area contributed by atoms with Crippen molar-refractivity contribution in [2.45, 2.75) is 38.8 Å². The van der Waals surface area contributed by atoms with Gasteiger partial charge in [0, 0.05) is 19.3 Å². The molecule has 1 aliphatic heterocycles. The topological polar surface area (TPSA) is 89.6 Å². The lowest BCUT2D eigenvalue weighted by Gasteiger charge is -2.24. The van der Waals surface area contributed by atoms with Crippen LogP contribution >= 0.6 is 0 Å². The summed E-state index contributed by atoms with van der Waals surface area (Å²) in [6.45, 7) is 6.44. The van der Waals surface area contributed by atoms with Crippen molar-refractivity contribution in [2.24, 2.45) is 0 Å². The number of hydrogen-bond donors (Lipinski definition) is 1. The van der Waals surface area contributed by atoms with Gasteiger partial charge in [0.1, 0.15) is 11.4 Å². The highest BCUT2D eigenvalue weighted by molar-refractivity contribution is 5.77. The Kier molecular flexibility index (Phi) is 4.56. The summed E-state index contributed by atoms with van der Waals surface area (Å²) in [5.41, 5.74) is 1.32. The highest BCUT2D eigenvalue weighted by atomic mass is 16.6. The Morgan fingerprint density at radius 2 is 1.90 bits per heavy atom. The van der Waals surface area contributed by atoms with Crippen LogP contribution in [0.4, 0.5) is 4.79 Å². The smallest absolute Gasteiger partial charge is 0.410 e. The van der Waals surface area contributed by atoms with Crippen LogP contribution in [0.2, 0.25) is 0 Å². The first-order valence-corrected chi connectivity index (χ1v) is 9.59. The fourth-order valence-electron chi connectivity index (χ4n) is 3.72. The second-order valence-electron chi connectivity index (χ2n) is 8.24. The van der Waals surface area contributed by atoms with E-state index in [1.807, 2.05) is 26.8 Å². The van der Waals surface area contributed by atoms with E-state index in [1.54, 1.807) is 50.7 Å². The lowest BCUT2D eigenvalue weighted by atomic mass is 10.2. The molecule has 29 heavy (non-hydrogen) atoms. The molecule has 1 saturated heterocycles. The number of pyridine rings is 1. The Bertz CT molecular complexity index is 1110. The van der Waals surface area contributed by atoms with Crippen molar-refractivity contribution in [3.63, 3.8) is 0 Å². The number of fused-ring (bicyclic) bond motifs is 1. The predicted molar refractivity (Wildman–Crippen MR) is 108 cm³/mol. The van der Waals surface area contributed by atoms with E-state index in [-0.39, 0.29) is 23.6 Å². The SMILES string of the molecule is CC(C)(C)OC(=O)N1CCC(n2c(=O)n(-c3ccc(O)cc3)c3cnccc32)C1. The molecule has 0 aliphatic carbocycles. The molecule has 1 aromatic carbocycles. The van der Waals surface area contributed by atoms with Gasteiger partial charge in [-0.2, -0.15) is 0 Å². The molecule has 152 valence electrons. The highest BCUT2D eigenvalue weighted by Crippen LogP contribution is 2.27. The van der Waals surface area contributed by atoms with Crippen LogP contribution in [0.3, 0.4) is 0 Å². The Labute approximate surface area is 168 Å². The number of rotatable bonds is 2. The Morgan fingerprint density at radius 3 is 2.59 bits per heavy atom. The number of benzene rings is 1. The first-order chi connectivity index (χ1) is 13.7. The van der Waals surface area contributed by atoms with E-state index in [0.717, 1.165) is 5.52 Å². The van der Waals surface area contributed by atoms with E-state index in [1.165, 1.54) is 0 Å². The molecule has 0 spiro atoms. The number of imidazole rings is 1. The lowest BCUT2D eigenvalue weighted by molar-refractivity contribution is 0.0289. The van der Waals surface area contributed by atoms with Gasteiger partial charge in [0.15, 0.2) is 0 Å². The molecule has 1 amide bonds. The molecule has 1 unspecified atom stereocenters. The van der Waals surface area contributed by atoms with Gasteiger partial charge in [-0.1, -0.05) is 0 Å². The standard InChI is InChI=1S/C21H24N4O4/c1-21(2,3)29-20(28)23-11-9-15(13-23)25-17-8-10-22-12-18(17)24(19(25)27)14-4-6-16(26)7-5-14/h4-8,10,12,15,26H,9,11,13H2,1-3H3. The minimum atomic E-state index is -0.563. The number of carbonyl (C=O) groups excluding carboxylic acids is 1. The van der Waals surface area contributed by atoms with Crippen LogP contribution in [-0.2, 0) is 4.74 Å². The largest absolute Gasteiger partial charge is 0.508 e. The van der Waals surface area contributed by atoms with Crippen molar-refractivity contribution < 1.29 is 14.6 Å². The van der Waals surface area contributed by atoms with Crippen LogP contribution in [0.5, 0.6) is 5.75 Å². The van der Waals surface area contributed by atoms with Gasteiger partial charge in [-0.05, 0) is 57.5 Å². The molecule has 1 N–H and O–H groups in total. The minimum Gasteiger partial charge on any atom is -0.508 e. The van der Waals surface area contributed by atoms with Gasteiger partial charge >= 0.3 is 11.8 Å². The third kappa shape index (κ3) is 3.57. The molecule has 3 heterocycles. The Morgan fingerprint density at radius 1 is 1.17 bits per heavy atom. The monoisotopic (exact) mass is 396 g/mol. The maximum Gasteiger partial charge on any atom is 0.410 e. The lowest BCUT2D eigenvalue weighted by Crippen LogP contribution is -2.36. The molecule has 8 heteroatoms. The summed E-state index contributed by atoms with van der Waals surface area (Å²) < 4.78 is 8.78. The van der Waals surface area contributed by atoms with Crippen molar-refractivity contribution >= 4 is 17.1 Å². The molecule has 0 bridgehead atoms. The van der Waals surface area contributed by atoms with Crippen molar-refractivity contribution in [3.8, 4) is 11.4 Å². The maximum absolute atomic E-state index is 13.4. The van der Waals surface area contributed by atoms with Gasteiger partial charge in [0.25, 0.3) is 0 Å². The van der Waals surface area contributed by atoms with Gasteiger partial charge in [-0.25, -0.2) is 9.59 Å². The fraction of sp³-hybridized carbons (Fsp3) is 0.381. The predicted octanol–water partition coefficient (Wildman–Crippen LogP) is 3.07. The Balaban J connectivity index is 1.72. The average molecular weight is 396 g/mol. The normalized spacial score (nSPS) is 17.1. The van der Waals surface area contributed by atoms with Crippen molar-refractivity contribution in [1.82, 2.24) is 19.0 Å². The van der Waals surface area contributed by atoms with E-state index in [0.29, 0.717) is 30.7 Å². The summed E-state index contributed by atoms with van der Waals surface area (Å²) in [7, 11) is 0. The van der Waals surface area contributed by atoms with Gasteiger partial charge in [-0.15, -0.1) is 0 Å². The second-order valence-corrected chi connectivity index (χ2v) is 8.24. The van der Waals surface area contributed by atoms with Gasteiger partial charge in [-0.3, -0.25) is 14.1 Å². The number of carbonyl (C=O) groups is 1. The number of aromatic hydroxyl groups is 1. The molecular weight excluding hydrogens is 372 g/mol. The maximum atomic E-state index is 13.4. The Hall–Kier alpha value is -3.29. The van der Waals surface area contributed by atoms with E-state index in [2.05, 4.69) is 4.98 Å². The number of nitrogens with zero attached hydrogens (tertiary/aromatic N) is 4. The highest BCUT2D eigenvalue weighted by Gasteiger charge is 2.33. The summed E-state index contributed by atoms with van der Waals surface area (Å²) in [6.07, 6.45) is 3.61. The van der Waals surface area contributed by atoms with Crippen molar-refractivity contribution in [1.29, 1.82) is 0 Å². The third-order valence-electron chi connectivity index (χ3n) is 4.96. The number of aromatic nitrogens is 3. The number of phenols is 1. The number of likely N-dealkylation sites (tertiary alicyclic amines) is 1. The molecule has 1 atom stereocenters. The van der Waals surface area contributed by atoms with Gasteiger partial charge in [0.05, 0.1) is 29.0 Å². The van der Waals surface area contributed by atoms with E-state index < -0.39 is 5.60 Å². The summed E-state index contributed by atoms with van der Waals surface area (Å²) in [4.78, 5) is 31.6. The molecule has 4 rings (SSSR count). The number of hydrogen-bond acceptors (Lipinski definition) is 5. The van der Waals surface area contributed by atoms with Crippen LogP contribution in [0.25, 0.3) is 16.7 Å². The van der Waals surface area contributed by atoms with Crippen LogP contribution in [-0.4, -0.2) is 48.9 Å². The summed E-state index contributed by atoms with van der Waals surface area (Å²) in [5, 5.41) is 9.57. The van der Waals surface area contributed by atoms with Crippen LogP contribution < -0.4 is 5.69 Å². The van der Waals surface area contributed by atoms with Gasteiger partial charge < -0.3 is 14.7 Å². The fourth-order valence-corrected chi connectivity index (χ4v) is 3.72. The third-order valence-corrected chi connectivity index (χ3v) is 4.96. The van der Waals surface area contributed by atoms with E-state index in [9.17, 15) is 14.7 Å². The molecular formula is C21H24N4O4. The van der Waals surface area contributed by atoms with Crippen molar-refractivity contribution in [2.75, 3.05) is 13.1 Å². The first-order valence-electron chi connectivity index (χ1n) is 9.59. The van der Waals surface area contributed by atoms with E-state index >= 15 is 0 Å². The second kappa shape index (κ2) is 6.95. The van der Waals surface area contributed by atoms with Crippen LogP contribution in [0.1, 0.15) is 33.2 Å². The van der Waals surface area contributed by atoms with Crippen LogP contribution in [0.15, 0.2) is 47.5 Å². The summed E-state index contributed by atoms with van der Waals surface area (Å²) >= 11 is 0. The number of ether oxygens (including phenoxy) is 1. The first kappa shape index (κ1) is 19.0. The molecule has 0 radical (unpaired) electrons. The average Bonchev–Trinajstić information content (AvgIpc) is 3.23. The number of phenolic OH excluding ortho intramolecular Hbond substituents is 1. The van der Waals surface area contributed by atoms with Crippen molar-refractivity contribution in [3.05, 3.63) is 53.2 Å². The zero-order valence-corrected chi connectivity index (χ0v) is 16.7. The molecule has 1 fully saturated rings. The quantitative estimate of drug-likeness (QED) is 0.719. The summed E-state index contributed by atoms with van der Waals surface area (Å²) in [5.74, 6) is 0.132. The molecule has 0 saturated carbocycles. The molecule has 3 aromatic rings. The number of amides is 1. The van der Waals surface area contributed by atoms with Gasteiger partial charge in [0.2, 0.25) is 0 Å². The molecule has 1 aliphatic rings. The van der Waals surface area contributed by atoms with Crippen LogP contribution in [0, 0.1) is 0 Å².